The zero-order valence-electron chi connectivity index (χ0n) is 20.7. The predicted molar refractivity (Wildman–Crippen MR) is 135 cm³/mol. The minimum atomic E-state index is -0.192. The topological polar surface area (TPSA) is 31.9 Å². The first-order valence-electron chi connectivity index (χ1n) is 10.7. The monoisotopic (exact) mass is 602 g/mol. The molecule has 0 bridgehead atoms. The van der Waals surface area contributed by atoms with Crippen molar-refractivity contribution in [3.05, 3.63) is 119 Å². The normalized spacial score (nSPS) is 11.3. The zero-order chi connectivity index (χ0) is 22.1. The Morgan fingerprint density at radius 1 is 0.879 bits per heavy atom. The standard InChI is InChI=1S/C28H29N3.CH3.Hf/c1-18-15-21(4)25(22(5)16-18)27(30-26-19(2)11-10-12-20(26)3)28-29-24(17-31(28)6)23-13-8-7-9-14-23;;/h7-13,15-17,27H,1-6H3;1H3;/q-2;-1;. The van der Waals surface area contributed by atoms with Gasteiger partial charge in [0, 0.05) is 38.6 Å². The summed E-state index contributed by atoms with van der Waals surface area (Å²) in [6.07, 6.45) is 2.08. The Labute approximate surface area is 218 Å². The molecule has 0 amide bonds. The van der Waals surface area contributed by atoms with Crippen LogP contribution in [0.2, 0.25) is 0 Å². The van der Waals surface area contributed by atoms with Crippen molar-refractivity contribution in [2.75, 3.05) is 0 Å². The van der Waals surface area contributed by atoms with Crippen LogP contribution in [0.1, 0.15) is 45.2 Å². The molecule has 0 spiro atoms. The Hall–Kier alpha value is -2.46. The zero-order valence-corrected chi connectivity index (χ0v) is 24.3. The molecule has 0 N–H and O–H groups in total. The van der Waals surface area contributed by atoms with Gasteiger partial charge in [-0.05, 0) is 63.5 Å². The van der Waals surface area contributed by atoms with Gasteiger partial charge < -0.3 is 17.3 Å². The van der Waals surface area contributed by atoms with Crippen LogP contribution in [0.25, 0.3) is 16.6 Å². The average molecular weight is 601 g/mol. The van der Waals surface area contributed by atoms with E-state index in [0.29, 0.717) is 0 Å². The fourth-order valence-electron chi connectivity index (χ4n) is 4.43. The average Bonchev–Trinajstić information content (AvgIpc) is 3.11. The van der Waals surface area contributed by atoms with Gasteiger partial charge in [0.05, 0.1) is 5.82 Å². The smallest absolute Gasteiger partial charge is 0.0872 e. The fraction of sp³-hybridized carbons (Fsp3) is 0.241. The molecule has 1 aromatic heterocycles. The van der Waals surface area contributed by atoms with Gasteiger partial charge in [-0.15, -0.1) is 41.6 Å². The third kappa shape index (κ3) is 5.55. The number of imidazole rings is 1. The third-order valence-corrected chi connectivity index (χ3v) is 5.85. The van der Waals surface area contributed by atoms with Gasteiger partial charge in [-0.2, -0.15) is 0 Å². The summed E-state index contributed by atoms with van der Waals surface area (Å²) < 4.78 is 2.11. The molecule has 1 atom stereocenters. The van der Waals surface area contributed by atoms with E-state index >= 15 is 0 Å². The van der Waals surface area contributed by atoms with Crippen LogP contribution in [0.3, 0.4) is 0 Å². The fourth-order valence-corrected chi connectivity index (χ4v) is 4.43. The van der Waals surface area contributed by atoms with Crippen molar-refractivity contribution in [1.82, 2.24) is 9.55 Å². The second kappa shape index (κ2) is 11.1. The van der Waals surface area contributed by atoms with Gasteiger partial charge in [0.15, 0.2) is 0 Å². The molecular formula is C29H32HfN3-3. The van der Waals surface area contributed by atoms with E-state index in [2.05, 4.69) is 88.8 Å². The summed E-state index contributed by atoms with van der Waals surface area (Å²) in [7, 11) is 2.06. The molecule has 1 heterocycles. The minimum Gasteiger partial charge on any atom is -0.671 e. The number of rotatable bonds is 5. The summed E-state index contributed by atoms with van der Waals surface area (Å²) in [5.74, 6) is 0.935. The Morgan fingerprint density at radius 2 is 1.52 bits per heavy atom. The summed E-state index contributed by atoms with van der Waals surface area (Å²) in [5, 5.41) is 5.32. The van der Waals surface area contributed by atoms with Crippen molar-refractivity contribution in [2.45, 2.75) is 40.7 Å². The van der Waals surface area contributed by atoms with Crippen LogP contribution in [-0.4, -0.2) is 9.55 Å². The number of aryl methyl sites for hydroxylation is 6. The summed E-state index contributed by atoms with van der Waals surface area (Å²) in [6, 6.07) is 21.9. The first kappa shape index (κ1) is 26.8. The summed E-state index contributed by atoms with van der Waals surface area (Å²) in [5.41, 5.74) is 10.3. The predicted octanol–water partition coefficient (Wildman–Crippen LogP) is 7.67. The molecule has 1 unspecified atom stereocenters. The Balaban J connectivity index is 0.00000193. The van der Waals surface area contributed by atoms with Crippen molar-refractivity contribution in [3.8, 4) is 11.3 Å². The van der Waals surface area contributed by atoms with Crippen molar-refractivity contribution in [1.29, 1.82) is 0 Å². The van der Waals surface area contributed by atoms with Crippen LogP contribution in [0.5, 0.6) is 0 Å². The van der Waals surface area contributed by atoms with E-state index in [1.807, 2.05) is 24.3 Å². The number of hydrogen-bond acceptors (Lipinski definition) is 1. The summed E-state index contributed by atoms with van der Waals surface area (Å²) in [4.78, 5) is 5.05. The first-order valence-corrected chi connectivity index (χ1v) is 10.7. The van der Waals surface area contributed by atoms with Crippen molar-refractivity contribution < 1.29 is 25.8 Å². The number of benzene rings is 3. The second-order valence-corrected chi connectivity index (χ2v) is 8.46. The molecule has 0 radical (unpaired) electrons. The van der Waals surface area contributed by atoms with E-state index in [4.69, 9.17) is 10.3 Å². The van der Waals surface area contributed by atoms with Gasteiger partial charge in [-0.1, -0.05) is 47.0 Å². The maximum absolute atomic E-state index is 5.32. The van der Waals surface area contributed by atoms with E-state index in [-0.39, 0.29) is 39.3 Å². The van der Waals surface area contributed by atoms with E-state index in [1.54, 1.807) is 0 Å². The first-order chi connectivity index (χ1) is 14.8. The maximum atomic E-state index is 5.32. The van der Waals surface area contributed by atoms with Gasteiger partial charge in [-0.25, -0.2) is 0 Å². The van der Waals surface area contributed by atoms with Crippen LogP contribution in [0.4, 0.5) is 5.69 Å². The summed E-state index contributed by atoms with van der Waals surface area (Å²) >= 11 is 0. The van der Waals surface area contributed by atoms with Crippen LogP contribution in [0.15, 0.2) is 60.8 Å². The number of hydrogen-bond donors (Lipinski definition) is 0. The van der Waals surface area contributed by atoms with Crippen LogP contribution >= 0.6 is 0 Å². The van der Waals surface area contributed by atoms with Crippen LogP contribution < -0.4 is 0 Å². The van der Waals surface area contributed by atoms with Crippen molar-refractivity contribution in [3.63, 3.8) is 0 Å². The SMILES string of the molecule is Cc1cc(C)c(C([N-]c2c(C)cccc2C)c2nc(-c3[c-]cccc3)cn2C)c(C)c1.[CH3-].[Hf]. The Kier molecular flexibility index (Phi) is 9.02. The molecule has 3 nitrogen and oxygen atoms in total. The second-order valence-electron chi connectivity index (χ2n) is 8.46. The van der Waals surface area contributed by atoms with Gasteiger partial charge in [0.2, 0.25) is 0 Å². The Morgan fingerprint density at radius 3 is 2.09 bits per heavy atom. The molecule has 0 aliphatic heterocycles. The maximum Gasteiger partial charge on any atom is 0.0872 e. The quantitative estimate of drug-likeness (QED) is 0.171. The van der Waals surface area contributed by atoms with Gasteiger partial charge >= 0.3 is 0 Å². The van der Waals surface area contributed by atoms with Crippen molar-refractivity contribution >= 4 is 5.69 Å². The molecular weight excluding hydrogens is 569 g/mol. The largest absolute Gasteiger partial charge is 0.671 e. The van der Waals surface area contributed by atoms with Gasteiger partial charge in [0.25, 0.3) is 0 Å². The van der Waals surface area contributed by atoms with Crippen LogP contribution in [0, 0.1) is 48.1 Å². The third-order valence-electron chi connectivity index (χ3n) is 5.85. The molecule has 3 aromatic carbocycles. The van der Waals surface area contributed by atoms with Gasteiger partial charge in [-0.3, -0.25) is 4.98 Å². The minimum absolute atomic E-state index is 0. The molecule has 0 fully saturated rings. The van der Waals surface area contributed by atoms with E-state index < -0.39 is 0 Å². The molecule has 0 saturated carbocycles. The molecule has 33 heavy (non-hydrogen) atoms. The van der Waals surface area contributed by atoms with E-state index in [1.165, 1.54) is 33.4 Å². The molecule has 0 aliphatic carbocycles. The number of para-hydroxylation sites is 1. The molecule has 4 rings (SSSR count). The molecule has 4 aromatic rings. The summed E-state index contributed by atoms with van der Waals surface area (Å²) in [6.45, 7) is 10.8. The van der Waals surface area contributed by atoms with Crippen molar-refractivity contribution in [2.24, 2.45) is 7.05 Å². The Bertz CT molecular complexity index is 1180. The van der Waals surface area contributed by atoms with Gasteiger partial charge in [0.1, 0.15) is 0 Å². The molecule has 0 saturated heterocycles. The molecule has 0 aliphatic rings. The number of aromatic nitrogens is 2. The van der Waals surface area contributed by atoms with E-state index in [9.17, 15) is 0 Å². The molecule has 170 valence electrons. The van der Waals surface area contributed by atoms with E-state index in [0.717, 1.165) is 22.8 Å². The number of nitrogens with zero attached hydrogens (tertiary/aromatic N) is 3. The van der Waals surface area contributed by atoms with Crippen LogP contribution in [-0.2, 0) is 32.9 Å². The molecule has 4 heteroatoms.